The maximum Gasteiger partial charge on any atom is 0.270 e. The molecule has 1 amide bonds. The summed E-state index contributed by atoms with van der Waals surface area (Å²) in [6, 6.07) is 5.77. The standard InChI is InChI=1S/C14H14Cl2N4O3/c1-17-14(21)10-5-8(20(22)23)3-4-12(10)18-7-9-6-11(15)13(16)19(9)2/h3-6,18H,7H2,1-2H3,(H,17,21). The molecule has 2 aromatic rings. The first-order chi connectivity index (χ1) is 10.8. The highest BCUT2D eigenvalue weighted by Crippen LogP contribution is 2.27. The van der Waals surface area contributed by atoms with E-state index in [9.17, 15) is 14.9 Å². The molecule has 1 aromatic heterocycles. The van der Waals surface area contributed by atoms with Gasteiger partial charge in [0.05, 0.1) is 22.1 Å². The van der Waals surface area contributed by atoms with Crippen LogP contribution in [0, 0.1) is 10.1 Å². The molecule has 7 nitrogen and oxygen atoms in total. The second-order valence-corrected chi connectivity index (χ2v) is 5.52. The zero-order valence-electron chi connectivity index (χ0n) is 12.4. The maximum absolute atomic E-state index is 11.9. The van der Waals surface area contributed by atoms with Gasteiger partial charge in [-0.15, -0.1) is 0 Å². The molecule has 0 unspecified atom stereocenters. The number of amides is 1. The average molecular weight is 357 g/mol. The number of nitrogens with one attached hydrogen (secondary N) is 2. The van der Waals surface area contributed by atoms with Crippen molar-refractivity contribution in [3.05, 3.63) is 55.8 Å². The number of rotatable bonds is 5. The normalized spacial score (nSPS) is 10.4. The number of hydrogen-bond acceptors (Lipinski definition) is 4. The van der Waals surface area contributed by atoms with Gasteiger partial charge in [0.25, 0.3) is 11.6 Å². The van der Waals surface area contributed by atoms with Gasteiger partial charge in [-0.05, 0) is 12.1 Å². The summed E-state index contributed by atoms with van der Waals surface area (Å²) in [4.78, 5) is 22.2. The van der Waals surface area contributed by atoms with Crippen LogP contribution in [0.5, 0.6) is 0 Å². The van der Waals surface area contributed by atoms with E-state index in [1.807, 2.05) is 0 Å². The minimum absolute atomic E-state index is 0.154. The van der Waals surface area contributed by atoms with Crippen molar-refractivity contribution < 1.29 is 9.72 Å². The molecule has 2 N–H and O–H groups in total. The summed E-state index contributed by atoms with van der Waals surface area (Å²) in [5.41, 5.74) is 1.32. The molecule has 0 aliphatic heterocycles. The van der Waals surface area contributed by atoms with E-state index in [0.717, 1.165) is 5.69 Å². The molecule has 9 heteroatoms. The van der Waals surface area contributed by atoms with Gasteiger partial charge in [0.1, 0.15) is 5.15 Å². The van der Waals surface area contributed by atoms with Crippen LogP contribution in [0.15, 0.2) is 24.3 Å². The highest BCUT2D eigenvalue weighted by molar-refractivity contribution is 6.41. The second-order valence-electron chi connectivity index (χ2n) is 4.75. The number of hydrogen-bond donors (Lipinski definition) is 2. The fourth-order valence-electron chi connectivity index (χ4n) is 2.07. The lowest BCUT2D eigenvalue weighted by atomic mass is 10.1. The number of nitro groups is 1. The van der Waals surface area contributed by atoms with Gasteiger partial charge in [-0.1, -0.05) is 23.2 Å². The van der Waals surface area contributed by atoms with Gasteiger partial charge in [0, 0.05) is 37.6 Å². The fraction of sp³-hybridized carbons (Fsp3) is 0.214. The van der Waals surface area contributed by atoms with Crippen LogP contribution in [0.2, 0.25) is 10.2 Å². The van der Waals surface area contributed by atoms with E-state index in [4.69, 9.17) is 23.2 Å². The van der Waals surface area contributed by atoms with Crippen LogP contribution in [-0.2, 0) is 13.6 Å². The van der Waals surface area contributed by atoms with Gasteiger partial charge in [-0.3, -0.25) is 14.9 Å². The molecule has 0 aliphatic rings. The first kappa shape index (κ1) is 17.1. The second kappa shape index (κ2) is 6.89. The van der Waals surface area contributed by atoms with E-state index in [1.54, 1.807) is 17.7 Å². The molecule has 0 saturated carbocycles. The number of carbonyl (C=O) groups excluding carboxylic acids is 1. The summed E-state index contributed by atoms with van der Waals surface area (Å²) in [6.45, 7) is 0.352. The quantitative estimate of drug-likeness (QED) is 0.635. The third-order valence-electron chi connectivity index (χ3n) is 3.36. The van der Waals surface area contributed by atoms with Crippen molar-refractivity contribution in [2.45, 2.75) is 6.54 Å². The fourth-order valence-corrected chi connectivity index (χ4v) is 2.48. The van der Waals surface area contributed by atoms with Crippen molar-refractivity contribution in [2.24, 2.45) is 7.05 Å². The van der Waals surface area contributed by atoms with Crippen molar-refractivity contribution >= 4 is 40.5 Å². The summed E-state index contributed by atoms with van der Waals surface area (Å²) in [6.07, 6.45) is 0. The number of carbonyl (C=O) groups is 1. The molecule has 0 saturated heterocycles. The van der Waals surface area contributed by atoms with Crippen LogP contribution >= 0.6 is 23.2 Å². The molecule has 2 rings (SSSR count). The van der Waals surface area contributed by atoms with Crippen molar-refractivity contribution in [1.82, 2.24) is 9.88 Å². The number of non-ortho nitro benzene ring substituents is 1. The number of nitrogens with zero attached hydrogens (tertiary/aromatic N) is 2. The zero-order chi connectivity index (χ0) is 17.1. The van der Waals surface area contributed by atoms with Gasteiger partial charge in [0.2, 0.25) is 0 Å². The molecule has 1 heterocycles. The molecular formula is C14H14Cl2N4O3. The van der Waals surface area contributed by atoms with Crippen molar-refractivity contribution in [3.63, 3.8) is 0 Å². The Morgan fingerprint density at radius 3 is 2.57 bits per heavy atom. The Morgan fingerprint density at radius 2 is 2.04 bits per heavy atom. The molecule has 0 radical (unpaired) electrons. The zero-order valence-corrected chi connectivity index (χ0v) is 13.9. The number of aromatic nitrogens is 1. The van der Waals surface area contributed by atoms with Crippen LogP contribution in [0.3, 0.4) is 0 Å². The molecule has 0 bridgehead atoms. The molecule has 0 fully saturated rings. The average Bonchev–Trinajstić information content (AvgIpc) is 2.79. The minimum Gasteiger partial charge on any atom is -0.379 e. The van der Waals surface area contributed by atoms with Gasteiger partial charge < -0.3 is 15.2 Å². The molecular weight excluding hydrogens is 343 g/mol. The van der Waals surface area contributed by atoms with E-state index in [1.165, 1.54) is 25.2 Å². The number of benzene rings is 1. The lowest BCUT2D eigenvalue weighted by molar-refractivity contribution is -0.384. The molecule has 0 spiro atoms. The number of nitro benzene ring substituents is 1. The number of halogens is 2. The van der Waals surface area contributed by atoms with Crippen molar-refractivity contribution in [2.75, 3.05) is 12.4 Å². The Kier molecular flexibility index (Phi) is 5.12. The van der Waals surface area contributed by atoms with E-state index >= 15 is 0 Å². The largest absolute Gasteiger partial charge is 0.379 e. The Labute approximate surface area is 142 Å². The van der Waals surface area contributed by atoms with E-state index in [0.29, 0.717) is 22.4 Å². The topological polar surface area (TPSA) is 89.2 Å². The SMILES string of the molecule is CNC(=O)c1cc([N+](=O)[O-])ccc1NCc1cc(Cl)c(Cl)n1C. The third kappa shape index (κ3) is 3.57. The Hall–Kier alpha value is -2.25. The molecule has 23 heavy (non-hydrogen) atoms. The first-order valence-corrected chi connectivity index (χ1v) is 7.34. The van der Waals surface area contributed by atoms with Crippen LogP contribution in [0.1, 0.15) is 16.1 Å². The summed E-state index contributed by atoms with van der Waals surface area (Å²) in [7, 11) is 3.22. The van der Waals surface area contributed by atoms with E-state index in [2.05, 4.69) is 10.6 Å². The van der Waals surface area contributed by atoms with Gasteiger partial charge in [-0.2, -0.15) is 0 Å². The van der Waals surface area contributed by atoms with E-state index in [-0.39, 0.29) is 11.3 Å². The summed E-state index contributed by atoms with van der Waals surface area (Å²) >= 11 is 12.0. The Bertz CT molecular complexity index is 774. The highest BCUT2D eigenvalue weighted by atomic mass is 35.5. The van der Waals surface area contributed by atoms with Crippen molar-refractivity contribution in [3.8, 4) is 0 Å². The number of anilines is 1. The van der Waals surface area contributed by atoms with Crippen LogP contribution in [0.4, 0.5) is 11.4 Å². The van der Waals surface area contributed by atoms with Crippen LogP contribution in [0.25, 0.3) is 0 Å². The lowest BCUT2D eigenvalue weighted by Gasteiger charge is -2.12. The van der Waals surface area contributed by atoms with Crippen LogP contribution in [-0.4, -0.2) is 22.4 Å². The van der Waals surface area contributed by atoms with Crippen LogP contribution < -0.4 is 10.6 Å². The van der Waals surface area contributed by atoms with E-state index < -0.39 is 10.8 Å². The predicted molar refractivity (Wildman–Crippen MR) is 89.2 cm³/mol. The summed E-state index contributed by atoms with van der Waals surface area (Å²) in [5.74, 6) is -0.417. The van der Waals surface area contributed by atoms with Gasteiger partial charge in [0.15, 0.2) is 0 Å². The smallest absolute Gasteiger partial charge is 0.270 e. The first-order valence-electron chi connectivity index (χ1n) is 6.59. The molecule has 0 atom stereocenters. The lowest BCUT2D eigenvalue weighted by Crippen LogP contribution is -2.20. The Morgan fingerprint density at radius 1 is 1.35 bits per heavy atom. The highest BCUT2D eigenvalue weighted by Gasteiger charge is 2.16. The minimum atomic E-state index is -0.549. The predicted octanol–water partition coefficient (Wildman–Crippen LogP) is 3.21. The molecule has 122 valence electrons. The molecule has 1 aromatic carbocycles. The maximum atomic E-state index is 11.9. The monoisotopic (exact) mass is 356 g/mol. The molecule has 0 aliphatic carbocycles. The summed E-state index contributed by atoms with van der Waals surface area (Å²) < 4.78 is 1.71. The van der Waals surface area contributed by atoms with Gasteiger partial charge >= 0.3 is 0 Å². The Balaban J connectivity index is 2.29. The van der Waals surface area contributed by atoms with Gasteiger partial charge in [-0.25, -0.2) is 0 Å². The summed E-state index contributed by atoms with van der Waals surface area (Å²) in [5, 5.41) is 17.2. The third-order valence-corrected chi connectivity index (χ3v) is 4.20. The van der Waals surface area contributed by atoms with Crippen molar-refractivity contribution in [1.29, 1.82) is 0 Å².